The number of methoxy groups -OCH3 is 1. The Balaban J connectivity index is 1.56. The Morgan fingerprint density at radius 1 is 1.16 bits per heavy atom. The second-order valence-corrected chi connectivity index (χ2v) is 9.67. The summed E-state index contributed by atoms with van der Waals surface area (Å²) in [6.07, 6.45) is 5.86. The van der Waals surface area contributed by atoms with Gasteiger partial charge in [0.15, 0.2) is 5.65 Å². The van der Waals surface area contributed by atoms with E-state index in [1.54, 1.807) is 11.8 Å². The zero-order valence-electron chi connectivity index (χ0n) is 18.2. The van der Waals surface area contributed by atoms with Gasteiger partial charge in [0.05, 0.1) is 18.4 Å². The third-order valence-corrected chi connectivity index (χ3v) is 7.47. The third kappa shape index (κ3) is 3.82. The second kappa shape index (κ2) is 8.57. The van der Waals surface area contributed by atoms with Crippen molar-refractivity contribution in [1.29, 1.82) is 0 Å². The summed E-state index contributed by atoms with van der Waals surface area (Å²) in [6, 6.07) is 6.14. The van der Waals surface area contributed by atoms with Gasteiger partial charge in [0, 0.05) is 49.3 Å². The van der Waals surface area contributed by atoms with Gasteiger partial charge in [-0.15, -0.1) is 0 Å². The number of H-pyrrole nitrogens is 1. The van der Waals surface area contributed by atoms with Gasteiger partial charge in [0.25, 0.3) is 5.56 Å². The number of rotatable bonds is 4. The number of thioether (sulfide) groups is 1. The standard InChI is InChI=1S/C23H29N5O2S/c1-27-22-19(20(26-27)15-6-4-3-5-7-15)23(29)25-21(24-22)17-9-8-16(14-18(17)30-2)28-10-12-31-13-11-28/h8-9,14-15H,3-7,10-13H2,1-2H3,(H,24,25,29). The highest BCUT2D eigenvalue weighted by Crippen LogP contribution is 2.36. The lowest BCUT2D eigenvalue weighted by Gasteiger charge is -2.29. The molecular formula is C23H29N5O2S. The topological polar surface area (TPSA) is 76.0 Å². The summed E-state index contributed by atoms with van der Waals surface area (Å²) in [5.74, 6) is 3.86. The van der Waals surface area contributed by atoms with Crippen molar-refractivity contribution in [3.05, 3.63) is 34.2 Å². The molecule has 31 heavy (non-hydrogen) atoms. The monoisotopic (exact) mass is 439 g/mol. The molecule has 1 aliphatic carbocycles. The molecule has 7 nitrogen and oxygen atoms in total. The normalized spacial score (nSPS) is 17.9. The molecule has 0 spiro atoms. The van der Waals surface area contributed by atoms with E-state index in [1.165, 1.54) is 19.3 Å². The second-order valence-electron chi connectivity index (χ2n) is 8.44. The Labute approximate surface area is 186 Å². The number of anilines is 1. The minimum Gasteiger partial charge on any atom is -0.496 e. The first kappa shape index (κ1) is 20.4. The van der Waals surface area contributed by atoms with Gasteiger partial charge in [0.1, 0.15) is 17.0 Å². The van der Waals surface area contributed by atoms with Crippen LogP contribution in [-0.4, -0.2) is 51.5 Å². The minimum absolute atomic E-state index is 0.118. The van der Waals surface area contributed by atoms with Gasteiger partial charge in [-0.1, -0.05) is 19.3 Å². The van der Waals surface area contributed by atoms with Crippen LogP contribution in [0, 0.1) is 0 Å². The Morgan fingerprint density at radius 2 is 1.94 bits per heavy atom. The Bertz CT molecular complexity index is 1140. The third-order valence-electron chi connectivity index (χ3n) is 6.53. The van der Waals surface area contributed by atoms with E-state index < -0.39 is 0 Å². The smallest absolute Gasteiger partial charge is 0.262 e. The minimum atomic E-state index is -0.118. The van der Waals surface area contributed by atoms with Crippen LogP contribution in [-0.2, 0) is 7.05 Å². The van der Waals surface area contributed by atoms with E-state index in [0.29, 0.717) is 28.5 Å². The maximum atomic E-state index is 13.2. The molecule has 3 heterocycles. The number of nitrogens with one attached hydrogen (secondary N) is 1. The summed E-state index contributed by atoms with van der Waals surface area (Å²) in [5.41, 5.74) is 3.36. The van der Waals surface area contributed by atoms with E-state index >= 15 is 0 Å². The molecule has 2 fully saturated rings. The molecule has 1 saturated carbocycles. The summed E-state index contributed by atoms with van der Waals surface area (Å²) in [4.78, 5) is 23.4. The molecule has 5 rings (SSSR count). The molecule has 2 aromatic heterocycles. The van der Waals surface area contributed by atoms with Gasteiger partial charge < -0.3 is 14.6 Å². The fourth-order valence-corrected chi connectivity index (χ4v) is 5.77. The molecule has 2 aliphatic rings. The van der Waals surface area contributed by atoms with Crippen LogP contribution in [0.5, 0.6) is 5.75 Å². The molecule has 0 atom stereocenters. The van der Waals surface area contributed by atoms with Crippen LogP contribution < -0.4 is 15.2 Å². The summed E-state index contributed by atoms with van der Waals surface area (Å²) in [5, 5.41) is 5.36. The van der Waals surface area contributed by atoms with E-state index in [2.05, 4.69) is 16.0 Å². The predicted molar refractivity (Wildman–Crippen MR) is 126 cm³/mol. The Hall–Kier alpha value is -2.48. The number of hydrogen-bond donors (Lipinski definition) is 1. The summed E-state index contributed by atoms with van der Waals surface area (Å²) in [6.45, 7) is 2.07. The molecule has 1 saturated heterocycles. The van der Waals surface area contributed by atoms with Gasteiger partial charge in [-0.05, 0) is 25.0 Å². The molecule has 1 aromatic carbocycles. The van der Waals surface area contributed by atoms with Crippen LogP contribution in [0.4, 0.5) is 5.69 Å². The highest BCUT2D eigenvalue weighted by molar-refractivity contribution is 7.99. The van der Waals surface area contributed by atoms with Crippen molar-refractivity contribution in [3.63, 3.8) is 0 Å². The molecular weight excluding hydrogens is 410 g/mol. The number of aryl methyl sites for hydroxylation is 1. The molecule has 1 N–H and O–H groups in total. The Kier molecular flexibility index (Phi) is 5.65. The van der Waals surface area contributed by atoms with Crippen LogP contribution in [0.3, 0.4) is 0 Å². The highest BCUT2D eigenvalue weighted by Gasteiger charge is 2.25. The molecule has 1 aliphatic heterocycles. The Morgan fingerprint density at radius 3 is 2.68 bits per heavy atom. The first-order valence-corrected chi connectivity index (χ1v) is 12.3. The number of ether oxygens (including phenoxy) is 1. The molecule has 0 amide bonds. The number of benzene rings is 1. The van der Waals surface area contributed by atoms with Crippen molar-refractivity contribution < 1.29 is 4.74 Å². The first-order valence-electron chi connectivity index (χ1n) is 11.1. The maximum Gasteiger partial charge on any atom is 0.262 e. The van der Waals surface area contributed by atoms with Gasteiger partial charge >= 0.3 is 0 Å². The van der Waals surface area contributed by atoms with E-state index in [9.17, 15) is 4.79 Å². The first-order chi connectivity index (χ1) is 15.2. The average molecular weight is 440 g/mol. The SMILES string of the molecule is COc1cc(N2CCSCC2)ccc1-c1nc2c(c(C3CCCCC3)nn2C)c(=O)[nH]1. The summed E-state index contributed by atoms with van der Waals surface area (Å²) < 4.78 is 7.45. The van der Waals surface area contributed by atoms with Crippen molar-refractivity contribution in [1.82, 2.24) is 19.7 Å². The highest BCUT2D eigenvalue weighted by atomic mass is 32.2. The lowest BCUT2D eigenvalue weighted by Crippen LogP contribution is -2.32. The van der Waals surface area contributed by atoms with Crippen LogP contribution in [0.25, 0.3) is 22.4 Å². The van der Waals surface area contributed by atoms with Crippen molar-refractivity contribution in [2.24, 2.45) is 7.05 Å². The zero-order valence-corrected chi connectivity index (χ0v) is 19.0. The summed E-state index contributed by atoms with van der Waals surface area (Å²) in [7, 11) is 3.54. The van der Waals surface area contributed by atoms with Gasteiger partial charge in [-0.2, -0.15) is 16.9 Å². The van der Waals surface area contributed by atoms with Crippen molar-refractivity contribution >= 4 is 28.5 Å². The van der Waals surface area contributed by atoms with Gasteiger partial charge in [0.2, 0.25) is 0 Å². The number of hydrogen-bond acceptors (Lipinski definition) is 6. The fourth-order valence-electron chi connectivity index (χ4n) is 4.87. The fraction of sp³-hybridized carbons (Fsp3) is 0.522. The molecule has 0 unspecified atom stereocenters. The van der Waals surface area contributed by atoms with Gasteiger partial charge in [-0.25, -0.2) is 9.67 Å². The summed E-state index contributed by atoms with van der Waals surface area (Å²) >= 11 is 1.99. The lowest BCUT2D eigenvalue weighted by atomic mass is 9.86. The van der Waals surface area contributed by atoms with Crippen LogP contribution in [0.2, 0.25) is 0 Å². The molecule has 3 aromatic rings. The predicted octanol–water partition coefficient (Wildman–Crippen LogP) is 3.93. The van der Waals surface area contributed by atoms with E-state index in [0.717, 1.165) is 54.4 Å². The number of fused-ring (bicyclic) bond motifs is 1. The molecule has 8 heteroatoms. The zero-order chi connectivity index (χ0) is 21.4. The van der Waals surface area contributed by atoms with E-state index in [1.807, 2.05) is 30.9 Å². The largest absolute Gasteiger partial charge is 0.496 e. The van der Waals surface area contributed by atoms with Crippen LogP contribution >= 0.6 is 11.8 Å². The van der Waals surface area contributed by atoms with Crippen LogP contribution in [0.1, 0.15) is 43.7 Å². The molecule has 0 radical (unpaired) electrons. The number of nitrogens with zero attached hydrogens (tertiary/aromatic N) is 4. The lowest BCUT2D eigenvalue weighted by molar-refractivity contribution is 0.416. The van der Waals surface area contributed by atoms with Crippen molar-refractivity contribution in [2.75, 3.05) is 36.6 Å². The van der Waals surface area contributed by atoms with Crippen molar-refractivity contribution in [3.8, 4) is 17.1 Å². The van der Waals surface area contributed by atoms with Crippen molar-refractivity contribution in [2.45, 2.75) is 38.0 Å². The maximum absolute atomic E-state index is 13.2. The van der Waals surface area contributed by atoms with E-state index in [-0.39, 0.29) is 5.56 Å². The quantitative estimate of drug-likeness (QED) is 0.664. The van der Waals surface area contributed by atoms with Crippen LogP contribution in [0.15, 0.2) is 23.0 Å². The van der Waals surface area contributed by atoms with E-state index in [4.69, 9.17) is 14.8 Å². The van der Waals surface area contributed by atoms with Gasteiger partial charge in [-0.3, -0.25) is 4.79 Å². The average Bonchev–Trinajstić information content (AvgIpc) is 3.16. The number of aromatic amines is 1. The molecule has 0 bridgehead atoms. The number of aromatic nitrogens is 4. The molecule has 164 valence electrons.